The van der Waals surface area contributed by atoms with Gasteiger partial charge in [-0.2, -0.15) is 0 Å². The number of aliphatic carboxylic acids is 1. The first-order valence-corrected chi connectivity index (χ1v) is 12.7. The van der Waals surface area contributed by atoms with Crippen LogP contribution in [0.4, 0.5) is 4.79 Å². The van der Waals surface area contributed by atoms with Crippen LogP contribution >= 0.6 is 0 Å². The Labute approximate surface area is 205 Å². The lowest BCUT2D eigenvalue weighted by Gasteiger charge is -2.41. The third-order valence-corrected chi connectivity index (χ3v) is 7.82. The van der Waals surface area contributed by atoms with E-state index in [1.807, 2.05) is 24.3 Å². The van der Waals surface area contributed by atoms with Crippen molar-refractivity contribution < 1.29 is 24.2 Å². The summed E-state index contributed by atoms with van der Waals surface area (Å²) in [5.74, 6) is -1.06. The number of carboxylic acids is 1. The number of alkyl carbamates (subject to hydrolysis) is 1. The van der Waals surface area contributed by atoms with E-state index >= 15 is 0 Å². The summed E-state index contributed by atoms with van der Waals surface area (Å²) in [7, 11) is 0. The van der Waals surface area contributed by atoms with Crippen molar-refractivity contribution in [2.24, 2.45) is 5.92 Å². The van der Waals surface area contributed by atoms with Crippen molar-refractivity contribution in [2.75, 3.05) is 13.2 Å². The third-order valence-electron chi connectivity index (χ3n) is 7.82. The quantitative estimate of drug-likeness (QED) is 0.611. The molecule has 1 heterocycles. The maximum absolute atomic E-state index is 13.5. The molecule has 0 aromatic heterocycles. The Balaban J connectivity index is 1.27. The van der Waals surface area contributed by atoms with E-state index in [2.05, 4.69) is 29.6 Å². The highest BCUT2D eigenvalue weighted by atomic mass is 16.5. The minimum Gasteiger partial charge on any atom is -0.481 e. The van der Waals surface area contributed by atoms with Gasteiger partial charge in [-0.15, -0.1) is 0 Å². The van der Waals surface area contributed by atoms with E-state index in [1.165, 1.54) is 0 Å². The second kappa shape index (κ2) is 10.1. The summed E-state index contributed by atoms with van der Waals surface area (Å²) >= 11 is 0. The number of carboxylic acid groups (broad SMARTS) is 1. The van der Waals surface area contributed by atoms with Crippen LogP contribution in [0.25, 0.3) is 11.1 Å². The van der Waals surface area contributed by atoms with Gasteiger partial charge in [-0.05, 0) is 60.3 Å². The molecule has 35 heavy (non-hydrogen) atoms. The van der Waals surface area contributed by atoms with Crippen molar-refractivity contribution in [1.29, 1.82) is 0 Å². The van der Waals surface area contributed by atoms with Gasteiger partial charge in [0.25, 0.3) is 0 Å². The fourth-order valence-electron chi connectivity index (χ4n) is 5.80. The molecule has 3 aliphatic rings. The Morgan fingerprint density at radius 2 is 1.60 bits per heavy atom. The number of hydrogen-bond acceptors (Lipinski definition) is 4. The summed E-state index contributed by atoms with van der Waals surface area (Å²) < 4.78 is 5.70. The predicted octanol–water partition coefficient (Wildman–Crippen LogP) is 4.55. The summed E-state index contributed by atoms with van der Waals surface area (Å²) in [4.78, 5) is 39.5. The molecule has 0 radical (unpaired) electrons. The highest BCUT2D eigenvalue weighted by molar-refractivity contribution is 5.87. The molecule has 2 amide bonds. The molecule has 7 heteroatoms. The van der Waals surface area contributed by atoms with Gasteiger partial charge in [0.15, 0.2) is 0 Å². The largest absolute Gasteiger partial charge is 0.481 e. The van der Waals surface area contributed by atoms with Crippen LogP contribution in [0.1, 0.15) is 62.0 Å². The summed E-state index contributed by atoms with van der Waals surface area (Å²) in [5.41, 5.74) is 4.60. The first kappa shape index (κ1) is 23.4. The number of hydrogen-bond donors (Lipinski definition) is 2. The minimum absolute atomic E-state index is 0.0481. The molecule has 7 nitrogen and oxygen atoms in total. The van der Waals surface area contributed by atoms with Crippen LogP contribution in [0.2, 0.25) is 0 Å². The van der Waals surface area contributed by atoms with Crippen LogP contribution in [0.3, 0.4) is 0 Å². The number of nitrogens with one attached hydrogen (secondary N) is 1. The van der Waals surface area contributed by atoms with Crippen molar-refractivity contribution in [1.82, 2.24) is 10.2 Å². The molecule has 0 bridgehead atoms. The maximum Gasteiger partial charge on any atom is 0.407 e. The number of nitrogens with zero attached hydrogens (tertiary/aromatic N) is 1. The first-order chi connectivity index (χ1) is 17.0. The number of carbonyl (C=O) groups excluding carboxylic acids is 2. The highest BCUT2D eigenvalue weighted by Gasteiger charge is 2.40. The molecule has 5 rings (SSSR count). The van der Waals surface area contributed by atoms with Crippen LogP contribution in [0.15, 0.2) is 48.5 Å². The standard InChI is InChI=1S/C28H32N2O5/c31-25(32)16-19-10-5-6-15-30(19)27(33)26(18-8-7-9-18)29-28(34)35-17-24-22-13-3-1-11-20(22)21-12-2-4-14-23(21)24/h1-4,11-14,18-19,24,26H,5-10,15-17H2,(H,29,34)(H,31,32)/t19-,26?/m1/s1. The van der Waals surface area contributed by atoms with Crippen LogP contribution in [-0.4, -0.2) is 53.2 Å². The monoisotopic (exact) mass is 476 g/mol. The second-order valence-corrected chi connectivity index (χ2v) is 9.92. The fraction of sp³-hybridized carbons (Fsp3) is 0.464. The zero-order valence-corrected chi connectivity index (χ0v) is 19.8. The first-order valence-electron chi connectivity index (χ1n) is 12.7. The topological polar surface area (TPSA) is 95.9 Å². The molecular formula is C28H32N2O5. The predicted molar refractivity (Wildman–Crippen MR) is 131 cm³/mol. The average molecular weight is 477 g/mol. The zero-order valence-electron chi connectivity index (χ0n) is 19.8. The normalized spacial score (nSPS) is 20.3. The Bertz CT molecular complexity index is 1070. The lowest BCUT2D eigenvalue weighted by atomic mass is 9.78. The van der Waals surface area contributed by atoms with E-state index in [4.69, 9.17) is 4.74 Å². The molecule has 2 atom stereocenters. The molecule has 0 spiro atoms. The van der Waals surface area contributed by atoms with Crippen molar-refractivity contribution in [2.45, 2.75) is 62.9 Å². The highest BCUT2D eigenvalue weighted by Crippen LogP contribution is 2.44. The zero-order chi connectivity index (χ0) is 24.4. The van der Waals surface area contributed by atoms with Crippen molar-refractivity contribution in [3.8, 4) is 11.1 Å². The molecule has 1 unspecified atom stereocenters. The molecule has 2 aromatic rings. The van der Waals surface area contributed by atoms with Gasteiger partial charge in [0.1, 0.15) is 12.6 Å². The minimum atomic E-state index is -0.903. The van der Waals surface area contributed by atoms with E-state index < -0.39 is 18.1 Å². The van der Waals surface area contributed by atoms with Gasteiger partial charge < -0.3 is 20.1 Å². The lowest BCUT2D eigenvalue weighted by Crippen LogP contribution is -2.57. The molecule has 2 fully saturated rings. The smallest absolute Gasteiger partial charge is 0.407 e. The number of likely N-dealkylation sites (tertiary alicyclic amines) is 1. The van der Waals surface area contributed by atoms with Gasteiger partial charge >= 0.3 is 12.1 Å². The SMILES string of the molecule is O=C(O)C[C@H]1CCCCN1C(=O)C(NC(=O)OCC1c2ccccc2-c2ccccc21)C1CCC1. The van der Waals surface area contributed by atoms with E-state index in [9.17, 15) is 19.5 Å². The molecular weight excluding hydrogens is 444 g/mol. The fourth-order valence-corrected chi connectivity index (χ4v) is 5.80. The van der Waals surface area contributed by atoms with Crippen LogP contribution in [0, 0.1) is 5.92 Å². The Morgan fingerprint density at radius 1 is 0.943 bits per heavy atom. The summed E-state index contributed by atoms with van der Waals surface area (Å²) in [5, 5.41) is 12.2. The Kier molecular flexibility index (Phi) is 6.75. The Morgan fingerprint density at radius 3 is 2.20 bits per heavy atom. The lowest BCUT2D eigenvalue weighted by molar-refractivity contribution is -0.144. The van der Waals surface area contributed by atoms with Crippen LogP contribution in [0.5, 0.6) is 0 Å². The van der Waals surface area contributed by atoms with Gasteiger partial charge in [0.05, 0.1) is 6.42 Å². The van der Waals surface area contributed by atoms with Crippen molar-refractivity contribution in [3.63, 3.8) is 0 Å². The van der Waals surface area contributed by atoms with Crippen molar-refractivity contribution >= 4 is 18.0 Å². The van der Waals surface area contributed by atoms with Gasteiger partial charge in [-0.25, -0.2) is 4.79 Å². The number of carbonyl (C=O) groups is 3. The van der Waals surface area contributed by atoms with Gasteiger partial charge in [0.2, 0.25) is 5.91 Å². The number of fused-ring (bicyclic) bond motifs is 3. The van der Waals surface area contributed by atoms with E-state index in [1.54, 1.807) is 4.90 Å². The summed E-state index contributed by atoms with van der Waals surface area (Å²) in [6.07, 6.45) is 4.56. The number of rotatable bonds is 7. The third kappa shape index (κ3) is 4.77. The molecule has 2 aliphatic carbocycles. The molecule has 1 aliphatic heterocycles. The number of piperidine rings is 1. The van der Waals surface area contributed by atoms with E-state index in [-0.39, 0.29) is 36.8 Å². The maximum atomic E-state index is 13.5. The summed E-state index contributed by atoms with van der Waals surface area (Å²) in [6, 6.07) is 15.3. The molecule has 184 valence electrons. The van der Waals surface area contributed by atoms with E-state index in [0.717, 1.165) is 54.4 Å². The van der Waals surface area contributed by atoms with Crippen LogP contribution < -0.4 is 5.32 Å². The number of amides is 2. The number of benzene rings is 2. The van der Waals surface area contributed by atoms with E-state index in [0.29, 0.717) is 13.0 Å². The van der Waals surface area contributed by atoms with Gasteiger partial charge in [-0.1, -0.05) is 55.0 Å². The molecule has 1 saturated carbocycles. The van der Waals surface area contributed by atoms with Crippen LogP contribution in [-0.2, 0) is 14.3 Å². The summed E-state index contributed by atoms with van der Waals surface area (Å²) in [6.45, 7) is 0.725. The average Bonchev–Trinajstić information content (AvgIpc) is 3.14. The van der Waals surface area contributed by atoms with Gasteiger partial charge in [-0.3, -0.25) is 9.59 Å². The molecule has 2 aromatic carbocycles. The van der Waals surface area contributed by atoms with Crippen molar-refractivity contribution in [3.05, 3.63) is 59.7 Å². The molecule has 2 N–H and O–H groups in total. The number of ether oxygens (including phenoxy) is 1. The Hall–Kier alpha value is -3.35. The molecule has 1 saturated heterocycles. The second-order valence-electron chi connectivity index (χ2n) is 9.92. The van der Waals surface area contributed by atoms with Gasteiger partial charge in [0, 0.05) is 18.5 Å².